The second-order valence-electron chi connectivity index (χ2n) is 7.68. The summed E-state index contributed by atoms with van der Waals surface area (Å²) in [5, 5.41) is 3.05. The average Bonchev–Trinajstić information content (AvgIpc) is 3.33. The number of benzene rings is 1. The number of ether oxygens (including phenoxy) is 1. The van der Waals surface area contributed by atoms with Gasteiger partial charge < -0.3 is 10.1 Å². The van der Waals surface area contributed by atoms with Crippen molar-refractivity contribution >= 4 is 41.0 Å². The van der Waals surface area contributed by atoms with Crippen molar-refractivity contribution in [1.82, 2.24) is 4.90 Å². The van der Waals surface area contributed by atoms with Crippen LogP contribution in [-0.4, -0.2) is 41.7 Å². The molecule has 0 spiro atoms. The summed E-state index contributed by atoms with van der Waals surface area (Å²) in [5.74, 6) is -1.15. The van der Waals surface area contributed by atoms with Crippen LogP contribution in [0.3, 0.4) is 0 Å². The highest BCUT2D eigenvalue weighted by atomic mass is 35.5. The zero-order valence-corrected chi connectivity index (χ0v) is 16.0. The molecule has 2 bridgehead atoms. The fourth-order valence-electron chi connectivity index (χ4n) is 4.88. The summed E-state index contributed by atoms with van der Waals surface area (Å²) in [7, 11) is 0. The number of esters is 1. The van der Waals surface area contributed by atoms with Crippen LogP contribution in [0.2, 0.25) is 5.02 Å². The van der Waals surface area contributed by atoms with E-state index in [1.54, 1.807) is 24.3 Å². The number of hydrogen-bond acceptors (Lipinski definition) is 5. The number of likely N-dealkylation sites (tertiary alicyclic amines) is 1. The lowest BCUT2D eigenvalue weighted by Crippen LogP contribution is -2.35. The van der Waals surface area contributed by atoms with Gasteiger partial charge in [0.1, 0.15) is 0 Å². The van der Waals surface area contributed by atoms with E-state index in [9.17, 15) is 19.2 Å². The van der Waals surface area contributed by atoms with Gasteiger partial charge in [-0.15, -0.1) is 0 Å². The Morgan fingerprint density at radius 3 is 2.46 bits per heavy atom. The van der Waals surface area contributed by atoms with Crippen LogP contribution in [0.25, 0.3) is 0 Å². The molecule has 4 rings (SSSR count). The summed E-state index contributed by atoms with van der Waals surface area (Å²) >= 11 is 5.84. The molecule has 1 saturated heterocycles. The van der Waals surface area contributed by atoms with Gasteiger partial charge >= 0.3 is 5.97 Å². The molecule has 1 aliphatic heterocycles. The Hall–Kier alpha value is -2.41. The second kappa shape index (κ2) is 7.54. The van der Waals surface area contributed by atoms with Crippen molar-refractivity contribution < 1.29 is 23.9 Å². The molecule has 8 heteroatoms. The van der Waals surface area contributed by atoms with Gasteiger partial charge in [0, 0.05) is 17.3 Å². The van der Waals surface area contributed by atoms with E-state index >= 15 is 0 Å². The Bertz CT molecular complexity index is 814. The topological polar surface area (TPSA) is 92.8 Å². The molecule has 148 valence electrons. The molecule has 1 heterocycles. The third-order valence-electron chi connectivity index (χ3n) is 6.03. The van der Waals surface area contributed by atoms with Crippen molar-refractivity contribution in [2.45, 2.75) is 25.7 Å². The Kier molecular flexibility index (Phi) is 5.10. The molecule has 1 aromatic rings. The number of carbonyl (C=O) groups is 4. The van der Waals surface area contributed by atoms with Gasteiger partial charge in [0.05, 0.1) is 18.3 Å². The van der Waals surface area contributed by atoms with Gasteiger partial charge in [-0.25, -0.2) is 0 Å². The monoisotopic (exact) mass is 404 g/mol. The van der Waals surface area contributed by atoms with Crippen molar-refractivity contribution in [3.8, 4) is 0 Å². The first kappa shape index (κ1) is 18.9. The maximum absolute atomic E-state index is 12.6. The average molecular weight is 405 g/mol. The Morgan fingerprint density at radius 2 is 1.82 bits per heavy atom. The Labute approximate surface area is 167 Å². The molecule has 2 saturated carbocycles. The number of hydrogen-bond donors (Lipinski definition) is 1. The minimum Gasteiger partial charge on any atom is -0.456 e. The number of nitrogens with one attached hydrogen (secondary N) is 1. The molecule has 4 atom stereocenters. The van der Waals surface area contributed by atoms with Crippen LogP contribution in [-0.2, 0) is 23.9 Å². The van der Waals surface area contributed by atoms with Gasteiger partial charge in [0.15, 0.2) is 6.61 Å². The normalized spacial score (nSPS) is 27.8. The van der Waals surface area contributed by atoms with Crippen molar-refractivity contribution in [3.05, 3.63) is 29.3 Å². The standard InChI is InChI=1S/C20H21ClN2O5/c21-13-2-1-3-14(9-13)22-15(24)10-28-16(25)6-7-23-19(26)17-11-4-5-12(8-11)18(17)20(23)27/h1-3,9,11-12,17-18H,4-8,10H2,(H,22,24)/t11-,12-,17-,18+/m1/s1. The first-order valence-electron chi connectivity index (χ1n) is 9.50. The van der Waals surface area contributed by atoms with Crippen LogP contribution in [0.15, 0.2) is 24.3 Å². The first-order valence-corrected chi connectivity index (χ1v) is 9.88. The van der Waals surface area contributed by atoms with Crippen LogP contribution in [0.4, 0.5) is 5.69 Å². The zero-order valence-electron chi connectivity index (χ0n) is 15.2. The van der Waals surface area contributed by atoms with E-state index in [-0.39, 0.29) is 36.6 Å². The molecule has 1 N–H and O–H groups in total. The summed E-state index contributed by atoms with van der Waals surface area (Å²) in [4.78, 5) is 50.2. The SMILES string of the molecule is O=C(COC(=O)CCN1C(=O)[C@@H]2[C@@H]3CC[C@H](C3)[C@@H]2C1=O)Nc1cccc(Cl)c1. The lowest BCUT2D eigenvalue weighted by molar-refractivity contribution is -0.149. The van der Waals surface area contributed by atoms with Crippen molar-refractivity contribution in [3.63, 3.8) is 0 Å². The van der Waals surface area contributed by atoms with E-state index in [4.69, 9.17) is 16.3 Å². The van der Waals surface area contributed by atoms with E-state index in [2.05, 4.69) is 5.32 Å². The van der Waals surface area contributed by atoms with Crippen molar-refractivity contribution in [1.29, 1.82) is 0 Å². The largest absolute Gasteiger partial charge is 0.456 e. The molecule has 2 aliphatic carbocycles. The summed E-state index contributed by atoms with van der Waals surface area (Å²) in [6.45, 7) is -0.429. The van der Waals surface area contributed by atoms with Gasteiger partial charge in [-0.1, -0.05) is 17.7 Å². The predicted molar refractivity (Wildman–Crippen MR) is 100 cm³/mol. The maximum atomic E-state index is 12.6. The number of nitrogens with zero attached hydrogens (tertiary/aromatic N) is 1. The van der Waals surface area contributed by atoms with Crippen LogP contribution >= 0.6 is 11.6 Å². The quantitative estimate of drug-likeness (QED) is 0.579. The van der Waals surface area contributed by atoms with Crippen LogP contribution in [0.1, 0.15) is 25.7 Å². The highest BCUT2D eigenvalue weighted by Gasteiger charge is 2.60. The number of imide groups is 1. The number of amides is 3. The van der Waals surface area contributed by atoms with Gasteiger partial charge in [-0.3, -0.25) is 24.1 Å². The highest BCUT2D eigenvalue weighted by molar-refractivity contribution is 6.30. The smallest absolute Gasteiger partial charge is 0.308 e. The lowest BCUT2D eigenvalue weighted by Gasteiger charge is -2.19. The van der Waals surface area contributed by atoms with Gasteiger partial charge in [-0.05, 0) is 49.3 Å². The van der Waals surface area contributed by atoms with Gasteiger partial charge in [0.2, 0.25) is 11.8 Å². The van der Waals surface area contributed by atoms with Crippen LogP contribution in [0, 0.1) is 23.7 Å². The minimum atomic E-state index is -0.623. The van der Waals surface area contributed by atoms with Gasteiger partial charge in [0.25, 0.3) is 5.91 Å². The van der Waals surface area contributed by atoms with Crippen LogP contribution in [0.5, 0.6) is 0 Å². The molecule has 0 unspecified atom stereocenters. The number of anilines is 1. The first-order chi connectivity index (χ1) is 13.4. The van der Waals surface area contributed by atoms with Crippen molar-refractivity contribution in [2.24, 2.45) is 23.7 Å². The molecule has 7 nitrogen and oxygen atoms in total. The number of halogens is 1. The third kappa shape index (κ3) is 3.51. The Balaban J connectivity index is 1.23. The molecule has 1 aromatic carbocycles. The molecule has 3 fully saturated rings. The molecular weight excluding hydrogens is 384 g/mol. The summed E-state index contributed by atoms with van der Waals surface area (Å²) in [6.07, 6.45) is 2.89. The van der Waals surface area contributed by atoms with Gasteiger partial charge in [-0.2, -0.15) is 0 Å². The molecule has 3 amide bonds. The zero-order chi connectivity index (χ0) is 19.8. The summed E-state index contributed by atoms with van der Waals surface area (Å²) in [5.41, 5.74) is 0.503. The van der Waals surface area contributed by atoms with E-state index < -0.39 is 18.5 Å². The van der Waals surface area contributed by atoms with Crippen LogP contribution < -0.4 is 5.32 Å². The molecular formula is C20H21ClN2O5. The molecule has 28 heavy (non-hydrogen) atoms. The minimum absolute atomic E-state index is 0.0128. The maximum Gasteiger partial charge on any atom is 0.308 e. The van der Waals surface area contributed by atoms with E-state index in [1.165, 1.54) is 4.90 Å². The molecule has 0 aromatic heterocycles. The summed E-state index contributed by atoms with van der Waals surface area (Å²) in [6, 6.07) is 6.61. The van der Waals surface area contributed by atoms with E-state index in [0.29, 0.717) is 22.5 Å². The number of carbonyl (C=O) groups excluding carboxylic acids is 4. The fourth-order valence-corrected chi connectivity index (χ4v) is 5.07. The van der Waals surface area contributed by atoms with E-state index in [1.807, 2.05) is 0 Å². The summed E-state index contributed by atoms with van der Waals surface area (Å²) < 4.78 is 4.95. The van der Waals surface area contributed by atoms with E-state index in [0.717, 1.165) is 19.3 Å². The molecule has 3 aliphatic rings. The Morgan fingerprint density at radius 1 is 1.14 bits per heavy atom. The third-order valence-corrected chi connectivity index (χ3v) is 6.27. The lowest BCUT2D eigenvalue weighted by atomic mass is 9.81. The number of fused-ring (bicyclic) bond motifs is 5. The predicted octanol–water partition coefficient (Wildman–Crippen LogP) is 2.24. The molecule has 0 radical (unpaired) electrons. The fraction of sp³-hybridized carbons (Fsp3) is 0.500. The second-order valence-corrected chi connectivity index (χ2v) is 8.12. The highest BCUT2D eigenvalue weighted by Crippen LogP contribution is 2.56. The number of rotatable bonds is 6. The van der Waals surface area contributed by atoms with Crippen molar-refractivity contribution in [2.75, 3.05) is 18.5 Å².